The summed E-state index contributed by atoms with van der Waals surface area (Å²) in [6, 6.07) is 2.01. The zero-order valence-electron chi connectivity index (χ0n) is 13.0. The van der Waals surface area contributed by atoms with Gasteiger partial charge in [-0.1, -0.05) is 19.3 Å². The predicted octanol–water partition coefficient (Wildman–Crippen LogP) is 2.80. The van der Waals surface area contributed by atoms with E-state index in [1.54, 1.807) is 6.20 Å². The molecule has 0 amide bonds. The highest BCUT2D eigenvalue weighted by Crippen LogP contribution is 2.46. The molecule has 1 atom stereocenters. The minimum Gasteiger partial charge on any atom is -0.386 e. The Balaban J connectivity index is 1.94. The fourth-order valence-corrected chi connectivity index (χ4v) is 4.20. The summed E-state index contributed by atoms with van der Waals surface area (Å²) in [6.07, 6.45) is 9.60. The minimum absolute atomic E-state index is 0.121. The maximum atomic E-state index is 11.2. The molecule has 2 heterocycles. The van der Waals surface area contributed by atoms with Gasteiger partial charge in [0.15, 0.2) is 0 Å². The second-order valence-electron chi connectivity index (χ2n) is 6.75. The molecule has 4 heteroatoms. The van der Waals surface area contributed by atoms with Gasteiger partial charge in [0.25, 0.3) is 0 Å². The summed E-state index contributed by atoms with van der Waals surface area (Å²) in [6.45, 7) is 4.22. The molecule has 1 aliphatic heterocycles. The number of piperidine rings is 1. The van der Waals surface area contributed by atoms with Crippen molar-refractivity contribution in [3.63, 3.8) is 0 Å². The van der Waals surface area contributed by atoms with Crippen molar-refractivity contribution in [2.24, 2.45) is 0 Å². The molecule has 1 unspecified atom stereocenters. The molecule has 1 aromatic heterocycles. The Hall–Kier alpha value is -1.13. The first-order valence-electron chi connectivity index (χ1n) is 8.29. The quantitative estimate of drug-likeness (QED) is 0.898. The van der Waals surface area contributed by atoms with E-state index in [1.807, 2.05) is 13.0 Å². The molecule has 0 spiro atoms. The van der Waals surface area contributed by atoms with E-state index in [-0.39, 0.29) is 5.54 Å². The van der Waals surface area contributed by atoms with Crippen LogP contribution in [0, 0.1) is 6.92 Å². The number of nitrogens with two attached hydrogens (primary N) is 1. The number of aliphatic hydroxyl groups excluding tert-OH is 1. The van der Waals surface area contributed by atoms with E-state index in [1.165, 1.54) is 32.1 Å². The molecular formula is C17H27N3O. The molecule has 3 N–H and O–H groups in total. The second kappa shape index (κ2) is 5.93. The Kier molecular flexibility index (Phi) is 4.18. The van der Waals surface area contributed by atoms with E-state index in [2.05, 4.69) is 9.88 Å². The van der Waals surface area contributed by atoms with Crippen LogP contribution in [0.3, 0.4) is 0 Å². The number of aryl methyl sites for hydroxylation is 1. The summed E-state index contributed by atoms with van der Waals surface area (Å²) in [5.74, 6) is 0.483. The summed E-state index contributed by atoms with van der Waals surface area (Å²) in [5.41, 5.74) is 7.82. The molecule has 1 aliphatic carbocycles. The molecule has 116 valence electrons. The Labute approximate surface area is 127 Å². The first-order valence-corrected chi connectivity index (χ1v) is 8.29. The maximum Gasteiger partial charge on any atom is 0.129 e. The molecule has 0 radical (unpaired) electrons. The molecule has 3 rings (SSSR count). The largest absolute Gasteiger partial charge is 0.386 e. The molecule has 2 aliphatic rings. The molecular weight excluding hydrogens is 262 g/mol. The molecule has 2 fully saturated rings. The number of nitrogen functional groups attached to an aromatic ring is 1. The lowest BCUT2D eigenvalue weighted by atomic mass is 9.82. The first-order chi connectivity index (χ1) is 10.1. The summed E-state index contributed by atoms with van der Waals surface area (Å²) < 4.78 is 0. The highest BCUT2D eigenvalue weighted by atomic mass is 16.3. The molecule has 1 saturated heterocycles. The van der Waals surface area contributed by atoms with Gasteiger partial charge in [0, 0.05) is 11.8 Å². The van der Waals surface area contributed by atoms with E-state index in [0.29, 0.717) is 5.82 Å². The summed E-state index contributed by atoms with van der Waals surface area (Å²) in [7, 11) is 0. The summed E-state index contributed by atoms with van der Waals surface area (Å²) in [5, 5.41) is 11.2. The van der Waals surface area contributed by atoms with E-state index in [0.717, 1.165) is 37.1 Å². The van der Waals surface area contributed by atoms with Gasteiger partial charge in [-0.15, -0.1) is 0 Å². The van der Waals surface area contributed by atoms with Gasteiger partial charge in [0.2, 0.25) is 0 Å². The normalized spacial score (nSPS) is 24.1. The van der Waals surface area contributed by atoms with Gasteiger partial charge < -0.3 is 10.8 Å². The van der Waals surface area contributed by atoms with E-state index < -0.39 is 6.10 Å². The molecule has 21 heavy (non-hydrogen) atoms. The Morgan fingerprint density at radius 2 is 1.86 bits per heavy atom. The molecule has 0 bridgehead atoms. The maximum absolute atomic E-state index is 11.2. The van der Waals surface area contributed by atoms with Crippen LogP contribution in [0.1, 0.15) is 62.2 Å². The number of likely N-dealkylation sites (tertiary alicyclic amines) is 1. The van der Waals surface area contributed by atoms with E-state index >= 15 is 0 Å². The number of rotatable bonds is 3. The van der Waals surface area contributed by atoms with Crippen LogP contribution in [0.25, 0.3) is 0 Å². The Morgan fingerprint density at radius 3 is 2.52 bits per heavy atom. The fourth-order valence-electron chi connectivity index (χ4n) is 4.20. The fraction of sp³-hybridized carbons (Fsp3) is 0.706. The van der Waals surface area contributed by atoms with E-state index in [4.69, 9.17) is 5.73 Å². The lowest BCUT2D eigenvalue weighted by molar-refractivity contribution is -0.0403. The SMILES string of the molecule is Cc1cnc(N)c(C(O)C2(N3CCCCC3)CCCC2)c1. The third kappa shape index (κ3) is 2.67. The van der Waals surface area contributed by atoms with Crippen LogP contribution in [0.4, 0.5) is 5.82 Å². The van der Waals surface area contributed by atoms with Crippen molar-refractivity contribution >= 4 is 5.82 Å². The van der Waals surface area contributed by atoms with Crippen molar-refractivity contribution in [2.45, 2.75) is 63.5 Å². The number of nitrogens with zero attached hydrogens (tertiary/aromatic N) is 2. The minimum atomic E-state index is -0.523. The van der Waals surface area contributed by atoms with Crippen LogP contribution in [0.2, 0.25) is 0 Å². The molecule has 4 nitrogen and oxygen atoms in total. The number of pyridine rings is 1. The first kappa shape index (κ1) is 14.8. The van der Waals surface area contributed by atoms with Gasteiger partial charge in [-0.2, -0.15) is 0 Å². The van der Waals surface area contributed by atoms with Crippen molar-refractivity contribution in [3.05, 3.63) is 23.4 Å². The highest BCUT2D eigenvalue weighted by molar-refractivity contribution is 5.44. The zero-order valence-corrected chi connectivity index (χ0v) is 13.0. The van der Waals surface area contributed by atoms with Crippen molar-refractivity contribution in [1.29, 1.82) is 0 Å². The average Bonchev–Trinajstić information content (AvgIpc) is 3.01. The van der Waals surface area contributed by atoms with Crippen LogP contribution < -0.4 is 5.73 Å². The lowest BCUT2D eigenvalue weighted by Crippen LogP contribution is -2.53. The van der Waals surface area contributed by atoms with Gasteiger partial charge in [-0.3, -0.25) is 4.90 Å². The summed E-state index contributed by atoms with van der Waals surface area (Å²) in [4.78, 5) is 6.78. The number of anilines is 1. The lowest BCUT2D eigenvalue weighted by Gasteiger charge is -2.46. The topological polar surface area (TPSA) is 62.4 Å². The third-order valence-corrected chi connectivity index (χ3v) is 5.35. The molecule has 1 saturated carbocycles. The van der Waals surface area contributed by atoms with Crippen molar-refractivity contribution < 1.29 is 5.11 Å². The summed E-state index contributed by atoms with van der Waals surface area (Å²) >= 11 is 0. The average molecular weight is 289 g/mol. The van der Waals surface area contributed by atoms with Gasteiger partial charge in [0.05, 0.1) is 5.54 Å². The molecule has 1 aromatic rings. The van der Waals surface area contributed by atoms with Crippen LogP contribution in [0.15, 0.2) is 12.3 Å². The number of hydrogen-bond donors (Lipinski definition) is 2. The standard InChI is InChI=1S/C17H27N3O/c1-13-11-14(16(18)19-12-13)15(21)17(7-3-4-8-17)20-9-5-2-6-10-20/h11-12,15,21H,2-10H2,1H3,(H2,18,19). The van der Waals surface area contributed by atoms with E-state index in [9.17, 15) is 5.11 Å². The van der Waals surface area contributed by atoms with Gasteiger partial charge >= 0.3 is 0 Å². The number of aliphatic hydroxyl groups is 1. The highest BCUT2D eigenvalue weighted by Gasteiger charge is 2.46. The zero-order chi connectivity index (χ0) is 14.9. The Bertz CT molecular complexity index is 491. The predicted molar refractivity (Wildman–Crippen MR) is 85.0 cm³/mol. The van der Waals surface area contributed by atoms with Crippen LogP contribution in [-0.2, 0) is 0 Å². The third-order valence-electron chi connectivity index (χ3n) is 5.35. The van der Waals surface area contributed by atoms with Crippen LogP contribution in [0.5, 0.6) is 0 Å². The monoisotopic (exact) mass is 289 g/mol. The number of hydrogen-bond acceptors (Lipinski definition) is 4. The van der Waals surface area contributed by atoms with Crippen LogP contribution >= 0.6 is 0 Å². The number of aromatic nitrogens is 1. The Morgan fingerprint density at radius 1 is 1.19 bits per heavy atom. The van der Waals surface area contributed by atoms with Gasteiger partial charge in [-0.25, -0.2) is 4.98 Å². The van der Waals surface area contributed by atoms with Crippen molar-refractivity contribution in [2.75, 3.05) is 18.8 Å². The second-order valence-corrected chi connectivity index (χ2v) is 6.75. The van der Waals surface area contributed by atoms with Crippen molar-refractivity contribution in [3.8, 4) is 0 Å². The molecule has 0 aromatic carbocycles. The smallest absolute Gasteiger partial charge is 0.129 e. The van der Waals surface area contributed by atoms with Gasteiger partial charge in [-0.05, 0) is 57.3 Å². The van der Waals surface area contributed by atoms with Crippen LogP contribution in [-0.4, -0.2) is 33.6 Å². The van der Waals surface area contributed by atoms with Crippen molar-refractivity contribution in [1.82, 2.24) is 9.88 Å². The van der Waals surface area contributed by atoms with Gasteiger partial charge in [0.1, 0.15) is 11.9 Å².